The molecule has 2 aromatic carbocycles. The van der Waals surface area contributed by atoms with E-state index in [9.17, 15) is 29.4 Å². The minimum absolute atomic E-state index is 0.0168. The Hall–Kier alpha value is -4.44. The third kappa shape index (κ3) is 13.7. The third-order valence-corrected chi connectivity index (χ3v) is 6.74. The molecule has 0 aliphatic rings. The molecule has 0 spiro atoms. The number of aliphatic hydroxyl groups excluding tert-OH is 1. The van der Waals surface area contributed by atoms with Gasteiger partial charge in [0.2, 0.25) is 11.8 Å². The molecule has 4 N–H and O–H groups in total. The summed E-state index contributed by atoms with van der Waals surface area (Å²) >= 11 is 0. The van der Waals surface area contributed by atoms with E-state index in [1.165, 1.54) is 6.08 Å². The fraction of sp³-hybridized carbons (Fsp3) is 0.412. The van der Waals surface area contributed by atoms with E-state index in [-0.39, 0.29) is 44.1 Å². The molecule has 2 amide bonds. The van der Waals surface area contributed by atoms with E-state index in [4.69, 9.17) is 9.47 Å². The number of nitrogens with one attached hydrogen (secondary N) is 2. The van der Waals surface area contributed by atoms with Crippen LogP contribution in [0.25, 0.3) is 6.08 Å². The highest BCUT2D eigenvalue weighted by molar-refractivity contribution is 5.93. The maximum atomic E-state index is 13.1. The van der Waals surface area contributed by atoms with Gasteiger partial charge >= 0.3 is 11.9 Å². The molecular weight excluding hydrogens is 564 g/mol. The summed E-state index contributed by atoms with van der Waals surface area (Å²) in [6.45, 7) is 5.43. The topological polar surface area (TPSA) is 151 Å². The molecule has 0 aliphatic carbocycles. The number of carboxylic acid groups (broad SMARTS) is 1. The van der Waals surface area contributed by atoms with Crippen LogP contribution in [0.15, 0.2) is 72.8 Å². The second-order valence-corrected chi connectivity index (χ2v) is 10.9. The fourth-order valence-corrected chi connectivity index (χ4v) is 4.17. The van der Waals surface area contributed by atoms with Crippen LogP contribution in [0.5, 0.6) is 5.75 Å². The van der Waals surface area contributed by atoms with Gasteiger partial charge in [-0.3, -0.25) is 14.4 Å². The predicted octanol–water partition coefficient (Wildman–Crippen LogP) is 3.93. The van der Waals surface area contributed by atoms with Crippen molar-refractivity contribution in [2.24, 2.45) is 11.8 Å². The van der Waals surface area contributed by atoms with E-state index >= 15 is 0 Å². The number of hydrogen-bond donors (Lipinski definition) is 4. The largest absolute Gasteiger partial charge is 0.497 e. The number of ether oxygens (including phenoxy) is 2. The van der Waals surface area contributed by atoms with Crippen LogP contribution in [0.2, 0.25) is 0 Å². The molecule has 0 radical (unpaired) electrons. The van der Waals surface area contributed by atoms with Crippen LogP contribution in [0.1, 0.15) is 51.2 Å². The number of esters is 1. The van der Waals surface area contributed by atoms with Crippen LogP contribution in [0, 0.1) is 11.8 Å². The molecule has 0 bridgehead atoms. The van der Waals surface area contributed by atoms with Crippen molar-refractivity contribution in [3.63, 3.8) is 0 Å². The zero-order valence-corrected chi connectivity index (χ0v) is 25.8. The van der Waals surface area contributed by atoms with Gasteiger partial charge < -0.3 is 30.3 Å². The summed E-state index contributed by atoms with van der Waals surface area (Å²) in [7, 11) is 1.54. The maximum Gasteiger partial charge on any atom is 0.345 e. The molecule has 4 atom stereocenters. The standard InChI is InChI=1S/C34H44N2O8/c1-23(2)21-30(34(41)42)44-32(39)19-20-35-33(40)28(22-26-15-17-27(43-4)18-16-26)36-31(38)12-8-11-29(37)24(3)13-14-25-9-6-5-7-10-25/h5-10,12-18,23-24,28-30,37H,11,19-22H2,1-4H3,(H,35,40)(H,36,38)(H,41,42)/b12-8+,14-13+/t24-,28+,29+,30+/m1/s1. The monoisotopic (exact) mass is 608 g/mol. The molecular formula is C34H44N2O8. The molecule has 0 fully saturated rings. The highest BCUT2D eigenvalue weighted by Crippen LogP contribution is 2.14. The Bertz CT molecular complexity index is 1260. The fourth-order valence-electron chi connectivity index (χ4n) is 4.17. The van der Waals surface area contributed by atoms with Gasteiger partial charge in [-0.2, -0.15) is 0 Å². The minimum atomic E-state index is -1.26. The number of carboxylic acids is 1. The summed E-state index contributed by atoms with van der Waals surface area (Å²) in [5, 5.41) is 25.1. The van der Waals surface area contributed by atoms with Gasteiger partial charge in [-0.05, 0) is 48.1 Å². The molecule has 10 nitrogen and oxygen atoms in total. The van der Waals surface area contributed by atoms with Gasteiger partial charge in [0, 0.05) is 18.9 Å². The van der Waals surface area contributed by atoms with Crippen LogP contribution < -0.4 is 15.4 Å². The van der Waals surface area contributed by atoms with Gasteiger partial charge in [0.25, 0.3) is 0 Å². The molecule has 0 saturated heterocycles. The summed E-state index contributed by atoms with van der Waals surface area (Å²) in [4.78, 5) is 49.4. The average molecular weight is 609 g/mol. The Kier molecular flexibility index (Phi) is 15.4. The number of amides is 2. The first-order chi connectivity index (χ1) is 21.0. The van der Waals surface area contributed by atoms with E-state index < -0.39 is 42.0 Å². The van der Waals surface area contributed by atoms with Gasteiger partial charge in [0.05, 0.1) is 19.6 Å². The van der Waals surface area contributed by atoms with E-state index in [1.807, 2.05) is 63.3 Å². The molecule has 238 valence electrons. The highest BCUT2D eigenvalue weighted by atomic mass is 16.6. The van der Waals surface area contributed by atoms with E-state index in [2.05, 4.69) is 10.6 Å². The summed E-state index contributed by atoms with van der Waals surface area (Å²) in [5.41, 5.74) is 1.79. The Morgan fingerprint density at radius 1 is 0.977 bits per heavy atom. The van der Waals surface area contributed by atoms with E-state index in [0.717, 1.165) is 11.1 Å². The molecule has 2 rings (SSSR count). The van der Waals surface area contributed by atoms with Crippen molar-refractivity contribution < 1.29 is 38.9 Å². The summed E-state index contributed by atoms with van der Waals surface area (Å²) in [6.07, 6.45) is 5.06. The van der Waals surface area contributed by atoms with E-state index in [0.29, 0.717) is 5.75 Å². The quantitative estimate of drug-likeness (QED) is 0.147. The number of aliphatic carboxylic acids is 1. The lowest BCUT2D eigenvalue weighted by molar-refractivity contribution is -0.165. The lowest BCUT2D eigenvalue weighted by Crippen LogP contribution is -2.48. The van der Waals surface area contributed by atoms with Gasteiger partial charge in [-0.25, -0.2) is 4.79 Å². The smallest absolute Gasteiger partial charge is 0.345 e. The van der Waals surface area contributed by atoms with Crippen molar-refractivity contribution in [3.8, 4) is 5.75 Å². The molecule has 44 heavy (non-hydrogen) atoms. The van der Waals surface area contributed by atoms with Crippen molar-refractivity contribution >= 4 is 29.8 Å². The molecule has 2 aromatic rings. The summed E-state index contributed by atoms with van der Waals surface area (Å²) in [5.74, 6) is -2.51. The average Bonchev–Trinajstić information content (AvgIpc) is 2.99. The third-order valence-electron chi connectivity index (χ3n) is 6.74. The van der Waals surface area contributed by atoms with Crippen LogP contribution in [-0.2, 0) is 30.3 Å². The van der Waals surface area contributed by atoms with Gasteiger partial charge in [-0.1, -0.05) is 81.5 Å². The van der Waals surface area contributed by atoms with Crippen molar-refractivity contribution in [2.45, 2.75) is 64.7 Å². The highest BCUT2D eigenvalue weighted by Gasteiger charge is 2.24. The number of aliphatic hydroxyl groups is 1. The van der Waals surface area contributed by atoms with Crippen molar-refractivity contribution in [2.75, 3.05) is 13.7 Å². The molecule has 0 heterocycles. The second kappa shape index (κ2) is 19.0. The maximum absolute atomic E-state index is 13.1. The SMILES string of the molecule is COc1ccc(C[C@H](NC(=O)/C=C/C[C@H](O)[C@H](C)/C=C/c2ccccc2)C(=O)NCCC(=O)O[C@@H](CC(C)C)C(=O)O)cc1. The number of carbonyl (C=O) groups excluding carboxylic acids is 3. The Morgan fingerprint density at radius 2 is 1.66 bits per heavy atom. The Balaban J connectivity index is 1.97. The van der Waals surface area contributed by atoms with Crippen LogP contribution >= 0.6 is 0 Å². The van der Waals surface area contributed by atoms with Gasteiger partial charge in [0.1, 0.15) is 11.8 Å². The van der Waals surface area contributed by atoms with Crippen molar-refractivity contribution in [1.29, 1.82) is 0 Å². The predicted molar refractivity (Wildman–Crippen MR) is 168 cm³/mol. The molecule has 0 aromatic heterocycles. The number of benzene rings is 2. The number of carbonyl (C=O) groups is 4. The Labute approximate surface area is 259 Å². The molecule has 10 heteroatoms. The van der Waals surface area contributed by atoms with Crippen LogP contribution in [0.4, 0.5) is 0 Å². The lowest BCUT2D eigenvalue weighted by Gasteiger charge is -2.19. The van der Waals surface area contributed by atoms with Gasteiger partial charge in [-0.15, -0.1) is 0 Å². The number of hydrogen-bond acceptors (Lipinski definition) is 7. The molecule has 0 aliphatic heterocycles. The van der Waals surface area contributed by atoms with Crippen LogP contribution in [-0.4, -0.2) is 65.9 Å². The normalized spacial score (nSPS) is 14.1. The van der Waals surface area contributed by atoms with E-state index in [1.54, 1.807) is 37.5 Å². The lowest BCUT2D eigenvalue weighted by atomic mass is 10.00. The van der Waals surface area contributed by atoms with Gasteiger partial charge in [0.15, 0.2) is 6.10 Å². The minimum Gasteiger partial charge on any atom is -0.497 e. The first-order valence-corrected chi connectivity index (χ1v) is 14.7. The molecule has 0 saturated carbocycles. The first-order valence-electron chi connectivity index (χ1n) is 14.7. The van der Waals surface area contributed by atoms with Crippen molar-refractivity contribution in [3.05, 3.63) is 84.0 Å². The second-order valence-electron chi connectivity index (χ2n) is 10.9. The summed E-state index contributed by atoms with van der Waals surface area (Å²) in [6, 6.07) is 15.8. The first kappa shape index (κ1) is 35.8. The molecule has 0 unspecified atom stereocenters. The van der Waals surface area contributed by atoms with Crippen LogP contribution in [0.3, 0.4) is 0 Å². The zero-order chi connectivity index (χ0) is 32.5. The number of rotatable bonds is 18. The zero-order valence-electron chi connectivity index (χ0n) is 25.8. The number of methoxy groups -OCH3 is 1. The van der Waals surface area contributed by atoms with Crippen molar-refractivity contribution in [1.82, 2.24) is 10.6 Å². The summed E-state index contributed by atoms with van der Waals surface area (Å²) < 4.78 is 10.2. The Morgan fingerprint density at radius 3 is 2.27 bits per heavy atom.